The molecule has 0 spiro atoms. The minimum atomic E-state index is -0.826. The fraction of sp³-hybridized carbons (Fsp3) is 0.500. The van der Waals surface area contributed by atoms with Crippen molar-refractivity contribution in [3.63, 3.8) is 0 Å². The highest BCUT2D eigenvalue weighted by Gasteiger charge is 2.49. The Balaban J connectivity index is 1.50. The summed E-state index contributed by atoms with van der Waals surface area (Å²) in [5, 5.41) is 7.76. The van der Waals surface area contributed by atoms with Crippen LogP contribution in [-0.4, -0.2) is 32.5 Å². The van der Waals surface area contributed by atoms with Gasteiger partial charge in [-0.05, 0) is 48.8 Å². The number of aromatic amines is 1. The zero-order chi connectivity index (χ0) is 19.7. The van der Waals surface area contributed by atoms with E-state index in [1.54, 1.807) is 4.90 Å². The Hall–Kier alpha value is -2.63. The molecule has 1 aromatic carbocycles. The second-order valence-corrected chi connectivity index (χ2v) is 9.41. The fourth-order valence-electron chi connectivity index (χ4n) is 5.42. The number of primary amides is 1. The summed E-state index contributed by atoms with van der Waals surface area (Å²) in [6.07, 6.45) is 5.20. The topological polar surface area (TPSA) is 92.1 Å². The molecule has 0 bridgehead atoms. The lowest BCUT2D eigenvalue weighted by molar-refractivity contribution is -0.128. The Kier molecular flexibility index (Phi) is 3.55. The molecule has 0 atom stereocenters. The number of nitrogens with zero attached hydrogens (tertiary/aromatic N) is 2. The number of hydrogen-bond acceptors (Lipinski definition) is 3. The average Bonchev–Trinajstić information content (AvgIpc) is 3.37. The molecule has 2 amide bonds. The molecule has 0 radical (unpaired) electrons. The second-order valence-electron chi connectivity index (χ2n) is 9.41. The van der Waals surface area contributed by atoms with E-state index in [-0.39, 0.29) is 17.2 Å². The third kappa shape index (κ3) is 2.36. The van der Waals surface area contributed by atoms with Crippen LogP contribution in [0.25, 0.3) is 11.3 Å². The van der Waals surface area contributed by atoms with Crippen molar-refractivity contribution in [1.82, 2.24) is 15.1 Å². The van der Waals surface area contributed by atoms with Crippen LogP contribution in [0.4, 0.5) is 0 Å². The Morgan fingerprint density at radius 1 is 1.21 bits per heavy atom. The van der Waals surface area contributed by atoms with Gasteiger partial charge in [0.15, 0.2) is 0 Å². The molecule has 3 aliphatic rings. The Morgan fingerprint density at radius 3 is 2.68 bits per heavy atom. The van der Waals surface area contributed by atoms with Crippen molar-refractivity contribution >= 4 is 11.8 Å². The van der Waals surface area contributed by atoms with Gasteiger partial charge < -0.3 is 10.6 Å². The van der Waals surface area contributed by atoms with Crippen LogP contribution < -0.4 is 5.73 Å². The summed E-state index contributed by atoms with van der Waals surface area (Å²) in [4.78, 5) is 27.0. The van der Waals surface area contributed by atoms with Crippen LogP contribution in [0.15, 0.2) is 18.2 Å². The SMILES string of the molecule is CC1(C)Cc2[nH]nc(-c3ccc4c(c3)CN(C3(C(N)=O)CCCC3)C4=O)c2C1. The molecule has 2 aliphatic carbocycles. The maximum absolute atomic E-state index is 13.1. The predicted octanol–water partition coefficient (Wildman–Crippen LogP) is 2.96. The molecule has 2 aromatic rings. The second kappa shape index (κ2) is 5.69. The van der Waals surface area contributed by atoms with E-state index in [1.807, 2.05) is 12.1 Å². The summed E-state index contributed by atoms with van der Waals surface area (Å²) in [6, 6.07) is 5.93. The number of nitrogens with two attached hydrogens (primary N) is 1. The lowest BCUT2D eigenvalue weighted by atomic mass is 9.90. The fourth-order valence-corrected chi connectivity index (χ4v) is 5.42. The first-order valence-electron chi connectivity index (χ1n) is 10.1. The van der Waals surface area contributed by atoms with Crippen molar-refractivity contribution in [2.75, 3.05) is 0 Å². The van der Waals surface area contributed by atoms with Crippen LogP contribution in [0.1, 0.15) is 66.7 Å². The number of aromatic nitrogens is 2. The molecule has 1 fully saturated rings. The average molecular weight is 378 g/mol. The molecule has 2 heterocycles. The summed E-state index contributed by atoms with van der Waals surface area (Å²) in [5.74, 6) is -0.450. The smallest absolute Gasteiger partial charge is 0.255 e. The number of rotatable bonds is 3. The standard InChI is InChI=1S/C22H26N4O2/c1-21(2)10-16-17(11-21)24-25-18(16)13-5-6-15-14(9-13)12-26(19(15)27)22(20(23)28)7-3-4-8-22/h5-6,9H,3-4,7-8,10-12H2,1-2H3,(H2,23,28)(H,24,25). The number of carbonyl (C=O) groups is 2. The molecular weight excluding hydrogens is 352 g/mol. The molecular formula is C22H26N4O2. The van der Waals surface area contributed by atoms with Gasteiger partial charge >= 0.3 is 0 Å². The molecule has 6 heteroatoms. The van der Waals surface area contributed by atoms with Gasteiger partial charge in [0.25, 0.3) is 5.91 Å². The van der Waals surface area contributed by atoms with E-state index in [2.05, 4.69) is 30.1 Å². The molecule has 6 nitrogen and oxygen atoms in total. The van der Waals surface area contributed by atoms with E-state index in [0.717, 1.165) is 42.5 Å². The first-order chi connectivity index (χ1) is 13.3. The number of fused-ring (bicyclic) bond motifs is 2. The monoisotopic (exact) mass is 378 g/mol. The van der Waals surface area contributed by atoms with Gasteiger partial charge in [0.05, 0.1) is 5.69 Å². The van der Waals surface area contributed by atoms with Crippen LogP contribution in [0.5, 0.6) is 0 Å². The Labute approximate surface area is 164 Å². The zero-order valence-electron chi connectivity index (χ0n) is 16.5. The minimum absolute atomic E-state index is 0.0735. The van der Waals surface area contributed by atoms with Gasteiger partial charge in [-0.15, -0.1) is 0 Å². The molecule has 1 aliphatic heterocycles. The lowest BCUT2D eigenvalue weighted by Gasteiger charge is -2.35. The van der Waals surface area contributed by atoms with Crippen molar-refractivity contribution < 1.29 is 9.59 Å². The first-order valence-corrected chi connectivity index (χ1v) is 10.1. The molecule has 28 heavy (non-hydrogen) atoms. The third-order valence-electron chi connectivity index (χ3n) is 6.85. The van der Waals surface area contributed by atoms with E-state index < -0.39 is 5.54 Å². The normalized spacial score (nSPS) is 21.8. The van der Waals surface area contributed by atoms with Crippen LogP contribution >= 0.6 is 0 Å². The van der Waals surface area contributed by atoms with Crippen LogP contribution in [0.3, 0.4) is 0 Å². The summed E-state index contributed by atoms with van der Waals surface area (Å²) in [7, 11) is 0. The molecule has 1 aromatic heterocycles. The summed E-state index contributed by atoms with van der Waals surface area (Å²) in [6.45, 7) is 4.99. The van der Waals surface area contributed by atoms with Crippen LogP contribution in [0, 0.1) is 5.41 Å². The third-order valence-corrected chi connectivity index (χ3v) is 6.85. The van der Waals surface area contributed by atoms with Gasteiger partial charge in [-0.3, -0.25) is 14.7 Å². The molecule has 146 valence electrons. The van der Waals surface area contributed by atoms with E-state index in [9.17, 15) is 9.59 Å². The summed E-state index contributed by atoms with van der Waals surface area (Å²) in [5.41, 5.74) is 11.3. The highest BCUT2D eigenvalue weighted by atomic mass is 16.2. The van der Waals surface area contributed by atoms with Crippen molar-refractivity contribution in [1.29, 1.82) is 0 Å². The molecule has 0 unspecified atom stereocenters. The highest BCUT2D eigenvalue weighted by molar-refractivity contribution is 6.02. The molecule has 1 saturated carbocycles. The number of H-pyrrole nitrogens is 1. The van der Waals surface area contributed by atoms with Crippen molar-refractivity contribution in [3.05, 3.63) is 40.6 Å². The predicted molar refractivity (Wildman–Crippen MR) is 105 cm³/mol. The lowest BCUT2D eigenvalue weighted by Crippen LogP contribution is -2.55. The Morgan fingerprint density at radius 2 is 1.96 bits per heavy atom. The van der Waals surface area contributed by atoms with Crippen molar-refractivity contribution in [2.24, 2.45) is 11.1 Å². The summed E-state index contributed by atoms with van der Waals surface area (Å²) >= 11 is 0. The zero-order valence-corrected chi connectivity index (χ0v) is 16.5. The molecule has 5 rings (SSSR count). The van der Waals surface area contributed by atoms with Gasteiger partial charge in [0.1, 0.15) is 5.54 Å². The number of amides is 2. The maximum Gasteiger partial charge on any atom is 0.255 e. The van der Waals surface area contributed by atoms with Crippen molar-refractivity contribution in [2.45, 2.75) is 64.5 Å². The minimum Gasteiger partial charge on any atom is -0.368 e. The summed E-state index contributed by atoms with van der Waals surface area (Å²) < 4.78 is 0. The van der Waals surface area contributed by atoms with Gasteiger partial charge in [-0.1, -0.05) is 32.8 Å². The van der Waals surface area contributed by atoms with E-state index in [4.69, 9.17) is 5.73 Å². The van der Waals surface area contributed by atoms with Gasteiger partial charge in [0, 0.05) is 28.9 Å². The largest absolute Gasteiger partial charge is 0.368 e. The Bertz CT molecular complexity index is 998. The quantitative estimate of drug-likeness (QED) is 0.860. The maximum atomic E-state index is 13.1. The number of carbonyl (C=O) groups excluding carboxylic acids is 2. The first kappa shape index (κ1) is 17.5. The molecule has 3 N–H and O–H groups in total. The van der Waals surface area contributed by atoms with Gasteiger partial charge in [0.2, 0.25) is 5.91 Å². The van der Waals surface area contributed by atoms with Crippen LogP contribution in [0.2, 0.25) is 0 Å². The van der Waals surface area contributed by atoms with E-state index in [1.165, 1.54) is 11.3 Å². The highest BCUT2D eigenvalue weighted by Crippen LogP contribution is 2.43. The number of nitrogens with one attached hydrogen (secondary N) is 1. The van der Waals surface area contributed by atoms with E-state index >= 15 is 0 Å². The van der Waals surface area contributed by atoms with Crippen LogP contribution in [-0.2, 0) is 24.2 Å². The number of hydrogen-bond donors (Lipinski definition) is 2. The van der Waals surface area contributed by atoms with Crippen molar-refractivity contribution in [3.8, 4) is 11.3 Å². The van der Waals surface area contributed by atoms with Gasteiger partial charge in [-0.25, -0.2) is 0 Å². The van der Waals surface area contributed by atoms with E-state index in [0.29, 0.717) is 24.9 Å². The number of benzene rings is 1. The molecule has 0 saturated heterocycles. The van der Waals surface area contributed by atoms with Gasteiger partial charge in [-0.2, -0.15) is 5.10 Å².